The highest BCUT2D eigenvalue weighted by Gasteiger charge is 2.29. The first-order chi connectivity index (χ1) is 10.2. The van der Waals surface area contributed by atoms with E-state index in [-0.39, 0.29) is 0 Å². The Morgan fingerprint density at radius 3 is 2.10 bits per heavy atom. The van der Waals surface area contributed by atoms with E-state index in [9.17, 15) is 0 Å². The smallest absolute Gasteiger partial charge is 0.0250 e. The molecule has 0 N–H and O–H groups in total. The number of rotatable bonds is 3. The lowest BCUT2D eigenvalue weighted by molar-refractivity contribution is 0.150. The Hall–Kier alpha value is -0.780. The molecule has 0 heterocycles. The third kappa shape index (κ3) is 4.11. The highest BCUT2D eigenvalue weighted by Crippen LogP contribution is 2.41. The number of benzene rings is 1. The van der Waals surface area contributed by atoms with E-state index >= 15 is 0 Å². The molecule has 2 aliphatic rings. The van der Waals surface area contributed by atoms with Crippen molar-refractivity contribution in [2.75, 3.05) is 0 Å². The molecule has 0 spiro atoms. The maximum Gasteiger partial charge on any atom is -0.0250 e. The molecular weight excluding hydrogens is 252 g/mol. The van der Waals surface area contributed by atoms with Gasteiger partial charge in [-0.1, -0.05) is 49.6 Å². The van der Waals surface area contributed by atoms with E-state index in [0.29, 0.717) is 0 Å². The van der Waals surface area contributed by atoms with Gasteiger partial charge in [0.15, 0.2) is 0 Å². The van der Waals surface area contributed by atoms with Crippen LogP contribution in [0.2, 0.25) is 0 Å². The minimum atomic E-state index is 0.950. The predicted octanol–water partition coefficient (Wildman–Crippen LogP) is 6.17. The van der Waals surface area contributed by atoms with E-state index in [0.717, 1.165) is 23.7 Å². The molecule has 3 rings (SSSR count). The zero-order valence-corrected chi connectivity index (χ0v) is 14.0. The topological polar surface area (TPSA) is 0 Å². The molecule has 2 aliphatic carbocycles. The summed E-state index contributed by atoms with van der Waals surface area (Å²) in [5, 5.41) is 0. The molecule has 21 heavy (non-hydrogen) atoms. The predicted molar refractivity (Wildman–Crippen MR) is 91.5 cm³/mol. The first-order valence-electron chi connectivity index (χ1n) is 9.26. The summed E-state index contributed by atoms with van der Waals surface area (Å²) in [5.74, 6) is 4.08. The lowest BCUT2D eigenvalue weighted by Crippen LogP contribution is -2.25. The molecule has 1 aromatic carbocycles. The Morgan fingerprint density at radius 1 is 0.857 bits per heavy atom. The zero-order chi connectivity index (χ0) is 14.7. The molecule has 0 aliphatic heterocycles. The molecule has 0 nitrogen and oxygen atoms in total. The largest absolute Gasteiger partial charge is 0.0625 e. The van der Waals surface area contributed by atoms with E-state index < -0.39 is 0 Å². The van der Waals surface area contributed by atoms with Crippen molar-refractivity contribution < 1.29 is 0 Å². The lowest BCUT2D eigenvalue weighted by Gasteiger charge is -2.37. The standard InChI is InChI=1S/C21H32/c1-16-6-10-20(11-7-16)21-12-8-18(9-13-21)15-19-5-3-4-17(2)14-19/h3-5,14,16,18,20-21H,6-13,15H2,1-2H3. The van der Waals surface area contributed by atoms with Gasteiger partial charge < -0.3 is 0 Å². The quantitative estimate of drug-likeness (QED) is 0.622. The van der Waals surface area contributed by atoms with Crippen molar-refractivity contribution in [2.45, 2.75) is 71.6 Å². The monoisotopic (exact) mass is 284 g/mol. The molecule has 0 aromatic heterocycles. The van der Waals surface area contributed by atoms with Crippen LogP contribution in [0.15, 0.2) is 24.3 Å². The van der Waals surface area contributed by atoms with Gasteiger partial charge in [-0.25, -0.2) is 0 Å². The highest BCUT2D eigenvalue weighted by atomic mass is 14.3. The summed E-state index contributed by atoms with van der Waals surface area (Å²) in [6, 6.07) is 9.14. The van der Waals surface area contributed by atoms with Gasteiger partial charge in [0.2, 0.25) is 0 Å². The second kappa shape index (κ2) is 6.99. The van der Waals surface area contributed by atoms with Crippen molar-refractivity contribution in [3.8, 4) is 0 Å². The van der Waals surface area contributed by atoms with Gasteiger partial charge in [-0.15, -0.1) is 0 Å². The summed E-state index contributed by atoms with van der Waals surface area (Å²) in [6.45, 7) is 4.65. The fourth-order valence-electron chi connectivity index (χ4n) is 4.79. The third-order valence-corrected chi connectivity index (χ3v) is 6.23. The minimum absolute atomic E-state index is 0.950. The average Bonchev–Trinajstić information content (AvgIpc) is 2.49. The number of hydrogen-bond donors (Lipinski definition) is 0. The van der Waals surface area contributed by atoms with Crippen LogP contribution < -0.4 is 0 Å². The van der Waals surface area contributed by atoms with Crippen LogP contribution in [0.3, 0.4) is 0 Å². The Labute approximate surface area is 131 Å². The molecule has 1 aromatic rings. The molecule has 0 atom stereocenters. The molecule has 0 unspecified atom stereocenters. The molecule has 0 heteroatoms. The van der Waals surface area contributed by atoms with Gasteiger partial charge in [-0.05, 0) is 81.1 Å². The SMILES string of the molecule is Cc1cccc(CC2CCC(C3CCC(C)CC3)CC2)c1. The molecule has 0 amide bonds. The van der Waals surface area contributed by atoms with Crippen LogP contribution >= 0.6 is 0 Å². The molecule has 0 saturated heterocycles. The maximum absolute atomic E-state index is 2.44. The van der Waals surface area contributed by atoms with Crippen LogP contribution in [0, 0.1) is 30.6 Å². The average molecular weight is 284 g/mol. The second-order valence-electron chi connectivity index (χ2n) is 7.99. The number of hydrogen-bond acceptors (Lipinski definition) is 0. The highest BCUT2D eigenvalue weighted by molar-refractivity contribution is 5.22. The van der Waals surface area contributed by atoms with Gasteiger partial charge in [0.05, 0.1) is 0 Å². The Morgan fingerprint density at radius 2 is 1.48 bits per heavy atom. The summed E-state index contributed by atoms with van der Waals surface area (Å²) in [5.41, 5.74) is 2.97. The molecule has 0 radical (unpaired) electrons. The summed E-state index contributed by atoms with van der Waals surface area (Å²) in [4.78, 5) is 0. The van der Waals surface area contributed by atoms with Crippen molar-refractivity contribution in [3.63, 3.8) is 0 Å². The van der Waals surface area contributed by atoms with E-state index in [2.05, 4.69) is 38.1 Å². The van der Waals surface area contributed by atoms with E-state index in [1.165, 1.54) is 63.4 Å². The van der Waals surface area contributed by atoms with Crippen molar-refractivity contribution in [1.29, 1.82) is 0 Å². The number of aryl methyl sites for hydroxylation is 1. The Kier molecular flexibility index (Phi) is 5.03. The van der Waals surface area contributed by atoms with E-state index in [4.69, 9.17) is 0 Å². The van der Waals surface area contributed by atoms with E-state index in [1.807, 2.05) is 0 Å². The molecule has 2 fully saturated rings. The van der Waals surface area contributed by atoms with Gasteiger partial charge >= 0.3 is 0 Å². The molecular formula is C21H32. The fraction of sp³-hybridized carbons (Fsp3) is 0.714. The van der Waals surface area contributed by atoms with Gasteiger partial charge in [0.25, 0.3) is 0 Å². The zero-order valence-electron chi connectivity index (χ0n) is 14.0. The summed E-state index contributed by atoms with van der Waals surface area (Å²) < 4.78 is 0. The van der Waals surface area contributed by atoms with Gasteiger partial charge in [-0.3, -0.25) is 0 Å². The van der Waals surface area contributed by atoms with Gasteiger partial charge in [0.1, 0.15) is 0 Å². The first-order valence-corrected chi connectivity index (χ1v) is 9.26. The van der Waals surface area contributed by atoms with Gasteiger partial charge in [0, 0.05) is 0 Å². The van der Waals surface area contributed by atoms with Crippen molar-refractivity contribution >= 4 is 0 Å². The summed E-state index contributed by atoms with van der Waals surface area (Å²) in [6.07, 6.45) is 13.3. The van der Waals surface area contributed by atoms with Gasteiger partial charge in [-0.2, -0.15) is 0 Å². The Balaban J connectivity index is 1.47. The normalized spacial score (nSPS) is 33.8. The first kappa shape index (κ1) is 15.1. The fourth-order valence-corrected chi connectivity index (χ4v) is 4.79. The Bertz CT molecular complexity index is 431. The molecule has 0 bridgehead atoms. The van der Waals surface area contributed by atoms with Crippen molar-refractivity contribution in [3.05, 3.63) is 35.4 Å². The summed E-state index contributed by atoms with van der Waals surface area (Å²) in [7, 11) is 0. The second-order valence-corrected chi connectivity index (χ2v) is 7.99. The van der Waals surface area contributed by atoms with Crippen LogP contribution in [0.25, 0.3) is 0 Å². The van der Waals surface area contributed by atoms with Crippen LogP contribution in [0.5, 0.6) is 0 Å². The van der Waals surface area contributed by atoms with Crippen molar-refractivity contribution in [2.24, 2.45) is 23.7 Å². The van der Waals surface area contributed by atoms with Crippen LogP contribution in [-0.2, 0) is 6.42 Å². The molecule has 116 valence electrons. The summed E-state index contributed by atoms with van der Waals surface area (Å²) >= 11 is 0. The lowest BCUT2D eigenvalue weighted by atomic mass is 9.69. The van der Waals surface area contributed by atoms with Crippen LogP contribution in [0.4, 0.5) is 0 Å². The van der Waals surface area contributed by atoms with Crippen LogP contribution in [0.1, 0.15) is 69.4 Å². The van der Waals surface area contributed by atoms with Crippen molar-refractivity contribution in [1.82, 2.24) is 0 Å². The molecule has 2 saturated carbocycles. The van der Waals surface area contributed by atoms with E-state index in [1.54, 1.807) is 5.56 Å². The minimum Gasteiger partial charge on any atom is -0.0625 e. The third-order valence-electron chi connectivity index (χ3n) is 6.23. The van der Waals surface area contributed by atoms with Crippen LogP contribution in [-0.4, -0.2) is 0 Å². The maximum atomic E-state index is 2.44.